The normalized spacial score (nSPS) is 15.4. The zero-order valence-electron chi connectivity index (χ0n) is 13.2. The summed E-state index contributed by atoms with van der Waals surface area (Å²) in [5.74, 6) is -0.939. The molecule has 0 radical (unpaired) electrons. The molecular formula is C15H16ClFN4O3S. The number of nitrogens with one attached hydrogen (secondary N) is 1. The summed E-state index contributed by atoms with van der Waals surface area (Å²) in [4.78, 5) is 16.0. The Balaban J connectivity index is 1.67. The Labute approximate surface area is 149 Å². The fraction of sp³-hybridized carbons (Fsp3) is 0.333. The van der Waals surface area contributed by atoms with Crippen LogP contribution in [0.1, 0.15) is 12.8 Å². The van der Waals surface area contributed by atoms with E-state index >= 15 is 0 Å². The Morgan fingerprint density at radius 1 is 1.32 bits per heavy atom. The van der Waals surface area contributed by atoms with Crippen LogP contribution in [-0.4, -0.2) is 41.3 Å². The largest absolute Gasteiger partial charge is 0.327 e. The number of rotatable bonds is 5. The minimum absolute atomic E-state index is 0.0799. The first-order valence-corrected chi connectivity index (χ1v) is 9.45. The lowest BCUT2D eigenvalue weighted by molar-refractivity contribution is -0.116. The molecule has 134 valence electrons. The highest BCUT2D eigenvalue weighted by atomic mass is 35.5. The van der Waals surface area contributed by atoms with Gasteiger partial charge in [-0.3, -0.25) is 4.79 Å². The molecule has 2 aromatic rings. The molecule has 0 bridgehead atoms. The van der Waals surface area contributed by atoms with Gasteiger partial charge in [0.1, 0.15) is 12.4 Å². The summed E-state index contributed by atoms with van der Waals surface area (Å²) in [6, 6.07) is 3.63. The minimum atomic E-state index is -3.62. The van der Waals surface area contributed by atoms with E-state index < -0.39 is 21.7 Å². The van der Waals surface area contributed by atoms with Gasteiger partial charge in [0.05, 0.1) is 17.0 Å². The van der Waals surface area contributed by atoms with E-state index in [2.05, 4.69) is 10.3 Å². The third kappa shape index (κ3) is 4.00. The third-order valence-electron chi connectivity index (χ3n) is 3.81. The number of nitrogens with zero attached hydrogens (tertiary/aromatic N) is 3. The highest BCUT2D eigenvalue weighted by molar-refractivity contribution is 7.89. The highest BCUT2D eigenvalue weighted by Crippen LogP contribution is 2.22. The van der Waals surface area contributed by atoms with Gasteiger partial charge in [-0.1, -0.05) is 11.6 Å². The SMILES string of the molecule is O=C(Cn1cnc(S(=O)(=O)N2CCCC2)c1)Nc1ccc(F)cc1Cl. The van der Waals surface area contributed by atoms with Crippen LogP contribution in [-0.2, 0) is 21.4 Å². The number of aromatic nitrogens is 2. The predicted molar refractivity (Wildman–Crippen MR) is 90.3 cm³/mol. The number of amides is 1. The van der Waals surface area contributed by atoms with E-state index in [0.29, 0.717) is 13.1 Å². The summed E-state index contributed by atoms with van der Waals surface area (Å²) < 4.78 is 40.6. The van der Waals surface area contributed by atoms with Gasteiger partial charge >= 0.3 is 0 Å². The summed E-state index contributed by atoms with van der Waals surface area (Å²) in [6.07, 6.45) is 4.27. The van der Waals surface area contributed by atoms with Gasteiger partial charge in [0, 0.05) is 19.3 Å². The van der Waals surface area contributed by atoms with E-state index in [4.69, 9.17) is 11.6 Å². The summed E-state index contributed by atoms with van der Waals surface area (Å²) in [7, 11) is -3.62. The predicted octanol–water partition coefficient (Wildman–Crippen LogP) is 2.10. The summed E-state index contributed by atoms with van der Waals surface area (Å²) in [5, 5.41) is 2.54. The van der Waals surface area contributed by atoms with Crippen molar-refractivity contribution < 1.29 is 17.6 Å². The molecule has 0 spiro atoms. The molecule has 1 aliphatic heterocycles. The molecule has 7 nitrogen and oxygen atoms in total. The molecule has 2 heterocycles. The average molecular weight is 387 g/mol. The van der Waals surface area contributed by atoms with Crippen LogP contribution in [0.2, 0.25) is 5.02 Å². The molecule has 0 unspecified atom stereocenters. The Morgan fingerprint density at radius 3 is 2.72 bits per heavy atom. The lowest BCUT2D eigenvalue weighted by atomic mass is 10.3. The number of imidazole rings is 1. The van der Waals surface area contributed by atoms with Gasteiger partial charge in [0.15, 0.2) is 5.03 Å². The maximum atomic E-state index is 13.0. The molecule has 10 heteroatoms. The van der Waals surface area contributed by atoms with Crippen LogP contribution in [0.25, 0.3) is 0 Å². The molecule has 1 fully saturated rings. The van der Waals surface area contributed by atoms with Crippen molar-refractivity contribution >= 4 is 33.2 Å². The highest BCUT2D eigenvalue weighted by Gasteiger charge is 2.29. The van der Waals surface area contributed by atoms with Crippen molar-refractivity contribution in [3.05, 3.63) is 41.6 Å². The number of hydrogen-bond acceptors (Lipinski definition) is 4. The first-order chi connectivity index (χ1) is 11.9. The van der Waals surface area contributed by atoms with Crippen molar-refractivity contribution in [2.45, 2.75) is 24.4 Å². The molecule has 0 aliphatic carbocycles. The standard InChI is InChI=1S/C15H16ClFN4O3S/c16-12-7-11(17)3-4-13(12)19-14(22)8-20-9-15(18-10-20)25(23,24)21-5-1-2-6-21/h3-4,7,9-10H,1-2,5-6,8H2,(H,19,22). The quantitative estimate of drug-likeness (QED) is 0.852. The van der Waals surface area contributed by atoms with Crippen LogP contribution in [0.3, 0.4) is 0 Å². The zero-order chi connectivity index (χ0) is 18.0. The molecule has 1 N–H and O–H groups in total. The first kappa shape index (κ1) is 17.8. The number of anilines is 1. The van der Waals surface area contributed by atoms with Gasteiger partial charge < -0.3 is 9.88 Å². The van der Waals surface area contributed by atoms with Crippen LogP contribution in [0, 0.1) is 5.82 Å². The molecule has 1 saturated heterocycles. The number of benzene rings is 1. The van der Waals surface area contributed by atoms with Crippen LogP contribution in [0.4, 0.5) is 10.1 Å². The van der Waals surface area contributed by atoms with Crippen molar-refractivity contribution in [3.8, 4) is 0 Å². The Morgan fingerprint density at radius 2 is 2.04 bits per heavy atom. The van der Waals surface area contributed by atoms with E-state index in [1.165, 1.54) is 33.5 Å². The number of carbonyl (C=O) groups excluding carboxylic acids is 1. The van der Waals surface area contributed by atoms with Crippen LogP contribution in [0.15, 0.2) is 35.7 Å². The molecule has 0 atom stereocenters. The fourth-order valence-electron chi connectivity index (χ4n) is 2.57. The molecule has 1 aliphatic rings. The van der Waals surface area contributed by atoms with Crippen LogP contribution >= 0.6 is 11.6 Å². The number of hydrogen-bond donors (Lipinski definition) is 1. The van der Waals surface area contributed by atoms with E-state index in [-0.39, 0.29) is 22.3 Å². The average Bonchev–Trinajstić information content (AvgIpc) is 3.22. The molecule has 1 amide bonds. The fourth-order valence-corrected chi connectivity index (χ4v) is 4.23. The van der Waals surface area contributed by atoms with Crippen LogP contribution in [0.5, 0.6) is 0 Å². The Hall–Kier alpha value is -1.97. The second-order valence-electron chi connectivity index (χ2n) is 5.67. The Kier molecular flexibility index (Phi) is 5.07. The molecule has 25 heavy (non-hydrogen) atoms. The molecule has 1 aromatic carbocycles. The Bertz CT molecular complexity index is 894. The summed E-state index contributed by atoms with van der Waals surface area (Å²) in [5.41, 5.74) is 0.276. The second kappa shape index (κ2) is 7.11. The molecular weight excluding hydrogens is 371 g/mol. The van der Waals surface area contributed by atoms with Gasteiger partial charge in [-0.15, -0.1) is 0 Å². The number of sulfonamides is 1. The molecule has 0 saturated carbocycles. The lowest BCUT2D eigenvalue weighted by Crippen LogP contribution is -2.28. The lowest BCUT2D eigenvalue weighted by Gasteiger charge is -2.12. The number of carbonyl (C=O) groups is 1. The number of halogens is 2. The van der Waals surface area contributed by atoms with Crippen molar-refractivity contribution in [3.63, 3.8) is 0 Å². The minimum Gasteiger partial charge on any atom is -0.327 e. The van der Waals surface area contributed by atoms with Gasteiger partial charge in [-0.05, 0) is 31.0 Å². The summed E-state index contributed by atoms with van der Waals surface area (Å²) in [6.45, 7) is 0.827. The topological polar surface area (TPSA) is 84.3 Å². The van der Waals surface area contributed by atoms with Gasteiger partial charge in [0.25, 0.3) is 10.0 Å². The van der Waals surface area contributed by atoms with Crippen molar-refractivity contribution in [1.29, 1.82) is 0 Å². The van der Waals surface area contributed by atoms with Gasteiger partial charge in [-0.25, -0.2) is 17.8 Å². The zero-order valence-corrected chi connectivity index (χ0v) is 14.7. The van der Waals surface area contributed by atoms with E-state index in [0.717, 1.165) is 18.9 Å². The molecule has 3 rings (SSSR count). The smallest absolute Gasteiger partial charge is 0.262 e. The monoisotopic (exact) mass is 386 g/mol. The van der Waals surface area contributed by atoms with Crippen molar-refractivity contribution in [2.75, 3.05) is 18.4 Å². The van der Waals surface area contributed by atoms with Crippen molar-refractivity contribution in [1.82, 2.24) is 13.9 Å². The van der Waals surface area contributed by atoms with Crippen molar-refractivity contribution in [2.24, 2.45) is 0 Å². The van der Waals surface area contributed by atoms with Crippen LogP contribution < -0.4 is 5.32 Å². The maximum absolute atomic E-state index is 13.0. The maximum Gasteiger partial charge on any atom is 0.262 e. The molecule has 1 aromatic heterocycles. The van der Waals surface area contributed by atoms with Gasteiger partial charge in [-0.2, -0.15) is 4.31 Å². The van der Waals surface area contributed by atoms with E-state index in [1.807, 2.05) is 0 Å². The van der Waals surface area contributed by atoms with Gasteiger partial charge in [0.2, 0.25) is 5.91 Å². The van der Waals surface area contributed by atoms with E-state index in [1.54, 1.807) is 0 Å². The summed E-state index contributed by atoms with van der Waals surface area (Å²) >= 11 is 5.85. The first-order valence-electron chi connectivity index (χ1n) is 7.63. The van der Waals surface area contributed by atoms with E-state index in [9.17, 15) is 17.6 Å². The third-order valence-corrected chi connectivity index (χ3v) is 5.91. The second-order valence-corrected chi connectivity index (χ2v) is 7.96.